The molecule has 2 aliphatic heterocycles. The lowest BCUT2D eigenvalue weighted by Gasteiger charge is -2.29. The number of rotatable bonds is 13. The van der Waals surface area contributed by atoms with E-state index < -0.39 is 11.7 Å². The molecule has 1 N–H and O–H groups in total. The van der Waals surface area contributed by atoms with Gasteiger partial charge in [-0.25, -0.2) is 9.78 Å². The molecule has 14 heteroatoms. The van der Waals surface area contributed by atoms with Gasteiger partial charge in [-0.3, -0.25) is 19.5 Å². The molecular weight excluding hydrogens is 781 g/mol. The normalized spacial score (nSPS) is 17.0. The first kappa shape index (κ1) is 42.7. The summed E-state index contributed by atoms with van der Waals surface area (Å²) < 4.78 is 22.8. The molecule has 308 valence electrons. The lowest BCUT2D eigenvalue weighted by molar-refractivity contribution is -0.153. The van der Waals surface area contributed by atoms with Crippen LogP contribution >= 0.6 is 23.2 Å². The van der Waals surface area contributed by atoms with E-state index in [4.69, 9.17) is 47.1 Å². The molecule has 0 aliphatic carbocycles. The summed E-state index contributed by atoms with van der Waals surface area (Å²) in [6, 6.07) is 16.5. The van der Waals surface area contributed by atoms with E-state index in [0.29, 0.717) is 74.7 Å². The zero-order valence-electron chi connectivity index (χ0n) is 34.1. The number of nitrogens with zero attached hydrogens (tertiary/aromatic N) is 4. The summed E-state index contributed by atoms with van der Waals surface area (Å²) in [5, 5.41) is 3.78. The fourth-order valence-corrected chi connectivity index (χ4v) is 8.00. The number of amides is 2. The SMILES string of the molecule is COc1cc(-c2nccc(-c3cccc(-c4ccc(CN(CC5CCC(=O)N5)C(=O)OC(C)(C)C)c(OC)n4)c3Cl)c2Cl)ccc1CN1CCCC1C(=O)OC(C)C. The van der Waals surface area contributed by atoms with Crippen LogP contribution < -0.4 is 14.8 Å². The lowest BCUT2D eigenvalue weighted by atomic mass is 9.99. The van der Waals surface area contributed by atoms with Crippen molar-refractivity contribution in [1.29, 1.82) is 0 Å². The van der Waals surface area contributed by atoms with Crippen molar-refractivity contribution in [2.45, 2.75) is 97.2 Å². The summed E-state index contributed by atoms with van der Waals surface area (Å²) in [4.78, 5) is 51.2. The summed E-state index contributed by atoms with van der Waals surface area (Å²) >= 11 is 14.3. The van der Waals surface area contributed by atoms with Crippen LogP contribution in [0.1, 0.15) is 71.4 Å². The van der Waals surface area contributed by atoms with Crippen LogP contribution in [0, 0.1) is 0 Å². The second-order valence-electron chi connectivity index (χ2n) is 15.9. The highest BCUT2D eigenvalue weighted by atomic mass is 35.5. The number of carbonyl (C=O) groups excluding carboxylic acids is 3. The molecule has 4 aromatic rings. The highest BCUT2D eigenvalue weighted by Crippen LogP contribution is 2.42. The number of hydrogen-bond donors (Lipinski definition) is 1. The Kier molecular flexibility index (Phi) is 13.5. The zero-order chi connectivity index (χ0) is 41.7. The van der Waals surface area contributed by atoms with E-state index in [-0.39, 0.29) is 43.2 Å². The van der Waals surface area contributed by atoms with Crippen LogP contribution in [0.2, 0.25) is 10.0 Å². The number of aromatic nitrogens is 2. The van der Waals surface area contributed by atoms with E-state index in [1.165, 1.54) is 7.11 Å². The summed E-state index contributed by atoms with van der Waals surface area (Å²) in [5.74, 6) is 0.748. The van der Waals surface area contributed by atoms with Crippen LogP contribution in [0.5, 0.6) is 11.6 Å². The number of hydrogen-bond acceptors (Lipinski definition) is 10. The highest BCUT2D eigenvalue weighted by Gasteiger charge is 2.33. The minimum absolute atomic E-state index is 0.0363. The molecule has 2 unspecified atom stereocenters. The number of nitrogens with one attached hydrogen (secondary N) is 1. The van der Waals surface area contributed by atoms with E-state index in [1.807, 2.05) is 89.2 Å². The minimum atomic E-state index is -0.706. The molecule has 2 saturated heterocycles. The summed E-state index contributed by atoms with van der Waals surface area (Å²) in [6.07, 6.45) is 3.74. The number of pyridine rings is 2. The molecule has 12 nitrogen and oxygen atoms in total. The molecule has 0 spiro atoms. The summed E-state index contributed by atoms with van der Waals surface area (Å²) in [7, 11) is 3.15. The van der Waals surface area contributed by atoms with E-state index in [1.54, 1.807) is 18.2 Å². The minimum Gasteiger partial charge on any atom is -0.496 e. The number of likely N-dealkylation sites (tertiary alicyclic amines) is 1. The highest BCUT2D eigenvalue weighted by molar-refractivity contribution is 6.39. The van der Waals surface area contributed by atoms with Crippen molar-refractivity contribution in [2.75, 3.05) is 27.3 Å². The smallest absolute Gasteiger partial charge is 0.410 e. The van der Waals surface area contributed by atoms with Crippen LogP contribution in [-0.4, -0.2) is 88.8 Å². The van der Waals surface area contributed by atoms with Gasteiger partial charge in [-0.2, -0.15) is 0 Å². The van der Waals surface area contributed by atoms with Gasteiger partial charge < -0.3 is 29.2 Å². The van der Waals surface area contributed by atoms with Gasteiger partial charge in [0.2, 0.25) is 11.8 Å². The van der Waals surface area contributed by atoms with E-state index in [0.717, 1.165) is 30.5 Å². The standard InChI is InChI=1S/C44H51Cl2N5O7/c1-26(2)57-42(53)35-12-9-21-50(35)23-28-14-13-27(22-36(28)55-6)40-39(46)32(19-20-47-40)31-10-8-11-33(38(31)45)34-17-15-29(41(49-34)56-7)24-51(43(54)58-44(3,4)5)25-30-16-18-37(52)48-30/h8,10-11,13-15,17,19-20,22,26,30,35H,9,12,16,18,21,23-25H2,1-7H3,(H,48,52). The number of esters is 1. The van der Waals surface area contributed by atoms with Crippen molar-refractivity contribution in [3.63, 3.8) is 0 Å². The number of ether oxygens (including phenoxy) is 4. The molecule has 6 rings (SSSR count). The maximum Gasteiger partial charge on any atom is 0.410 e. The molecule has 0 saturated carbocycles. The summed E-state index contributed by atoms with van der Waals surface area (Å²) in [6.45, 7) is 10.9. The number of halogens is 2. The molecule has 2 fully saturated rings. The largest absolute Gasteiger partial charge is 0.496 e. The fraction of sp³-hybridized carbons (Fsp3) is 0.432. The molecule has 2 aliphatic rings. The van der Waals surface area contributed by atoms with Gasteiger partial charge in [0.25, 0.3) is 0 Å². The third-order valence-corrected chi connectivity index (χ3v) is 10.8. The molecule has 2 amide bonds. The predicted molar refractivity (Wildman–Crippen MR) is 224 cm³/mol. The van der Waals surface area contributed by atoms with E-state index in [2.05, 4.69) is 15.2 Å². The Morgan fingerprint density at radius 3 is 2.40 bits per heavy atom. The summed E-state index contributed by atoms with van der Waals surface area (Å²) in [5.41, 5.74) is 4.78. The number of benzene rings is 2. The van der Waals surface area contributed by atoms with Gasteiger partial charge in [-0.15, -0.1) is 0 Å². The molecule has 58 heavy (non-hydrogen) atoms. The first-order valence-electron chi connectivity index (χ1n) is 19.5. The van der Waals surface area contributed by atoms with Crippen LogP contribution in [-0.2, 0) is 32.2 Å². The quantitative estimate of drug-likeness (QED) is 0.131. The first-order chi connectivity index (χ1) is 27.6. The lowest BCUT2D eigenvalue weighted by Crippen LogP contribution is -2.43. The second-order valence-corrected chi connectivity index (χ2v) is 16.6. The van der Waals surface area contributed by atoms with Crippen molar-refractivity contribution in [3.05, 3.63) is 82.0 Å². The molecule has 2 atom stereocenters. The van der Waals surface area contributed by atoms with Crippen molar-refractivity contribution >= 4 is 41.2 Å². The Bertz CT molecular complexity index is 2160. The molecular formula is C44H51Cl2N5O7. The van der Waals surface area contributed by atoms with Gasteiger partial charge >= 0.3 is 12.1 Å². The van der Waals surface area contributed by atoms with Gasteiger partial charge in [0, 0.05) is 65.1 Å². The Hall–Kier alpha value is -4.91. The van der Waals surface area contributed by atoms with E-state index in [9.17, 15) is 14.4 Å². The topological polar surface area (TPSA) is 132 Å². The van der Waals surface area contributed by atoms with E-state index >= 15 is 0 Å². The van der Waals surface area contributed by atoms with Gasteiger partial charge in [0.15, 0.2) is 0 Å². The van der Waals surface area contributed by atoms with Crippen molar-refractivity contribution in [2.24, 2.45) is 0 Å². The molecule has 0 bridgehead atoms. The maximum absolute atomic E-state index is 13.3. The predicted octanol–water partition coefficient (Wildman–Crippen LogP) is 8.73. The fourth-order valence-electron chi connectivity index (χ4n) is 7.36. The molecule has 0 radical (unpaired) electrons. The Labute approximate surface area is 350 Å². The van der Waals surface area contributed by atoms with Crippen LogP contribution in [0.15, 0.2) is 60.8 Å². The third kappa shape index (κ3) is 10.0. The second kappa shape index (κ2) is 18.3. The third-order valence-electron chi connectivity index (χ3n) is 10.0. The molecule has 2 aromatic carbocycles. The first-order valence-corrected chi connectivity index (χ1v) is 20.3. The average Bonchev–Trinajstić information content (AvgIpc) is 3.82. The average molecular weight is 833 g/mol. The van der Waals surface area contributed by atoms with Crippen LogP contribution in [0.4, 0.5) is 4.79 Å². The monoisotopic (exact) mass is 831 g/mol. The van der Waals surface area contributed by atoms with Gasteiger partial charge in [-0.05, 0) is 84.7 Å². The Balaban J connectivity index is 1.25. The Morgan fingerprint density at radius 1 is 0.966 bits per heavy atom. The van der Waals surface area contributed by atoms with Crippen molar-refractivity contribution in [1.82, 2.24) is 25.1 Å². The van der Waals surface area contributed by atoms with Gasteiger partial charge in [0.1, 0.15) is 17.4 Å². The van der Waals surface area contributed by atoms with Crippen molar-refractivity contribution in [3.8, 4) is 45.3 Å². The maximum atomic E-state index is 13.3. The van der Waals surface area contributed by atoms with Gasteiger partial charge in [0.05, 0.1) is 48.3 Å². The van der Waals surface area contributed by atoms with Gasteiger partial charge in [-0.1, -0.05) is 53.5 Å². The van der Waals surface area contributed by atoms with Crippen LogP contribution in [0.3, 0.4) is 0 Å². The number of carbonyl (C=O) groups is 3. The van der Waals surface area contributed by atoms with Crippen LogP contribution in [0.25, 0.3) is 33.6 Å². The van der Waals surface area contributed by atoms with Crippen molar-refractivity contribution < 1.29 is 33.3 Å². The zero-order valence-corrected chi connectivity index (χ0v) is 35.6. The molecule has 2 aromatic heterocycles. The number of methoxy groups -OCH3 is 2. The Morgan fingerprint density at radius 2 is 1.71 bits per heavy atom. The molecule has 4 heterocycles.